The zero-order valence-corrected chi connectivity index (χ0v) is 12.9. The maximum Gasteiger partial charge on any atom is 0.221 e. The van der Waals surface area contributed by atoms with Gasteiger partial charge in [-0.3, -0.25) is 9.78 Å². The molecule has 0 aliphatic heterocycles. The third-order valence-electron chi connectivity index (χ3n) is 3.30. The number of nitrogens with zero attached hydrogens (tertiary/aromatic N) is 2. The van der Waals surface area contributed by atoms with Crippen LogP contribution >= 0.6 is 0 Å². The van der Waals surface area contributed by atoms with Crippen molar-refractivity contribution in [3.05, 3.63) is 30.1 Å². The van der Waals surface area contributed by atoms with Crippen molar-refractivity contribution in [1.29, 1.82) is 0 Å². The Balaban J connectivity index is 2.10. The first-order valence-electron chi connectivity index (χ1n) is 7.42. The molecule has 4 nitrogen and oxygen atoms in total. The number of aromatic nitrogens is 1. The highest BCUT2D eigenvalue weighted by Crippen LogP contribution is 2.00. The lowest BCUT2D eigenvalue weighted by atomic mass is 10.1. The van der Waals surface area contributed by atoms with E-state index in [1.807, 2.05) is 24.5 Å². The summed E-state index contributed by atoms with van der Waals surface area (Å²) in [5.41, 5.74) is 1.29. The Morgan fingerprint density at radius 2 is 2.00 bits per heavy atom. The Morgan fingerprint density at radius 1 is 1.30 bits per heavy atom. The zero-order chi connectivity index (χ0) is 14.8. The summed E-state index contributed by atoms with van der Waals surface area (Å²) < 4.78 is 0. The highest BCUT2D eigenvalue weighted by atomic mass is 16.1. The largest absolute Gasteiger partial charge is 0.356 e. The van der Waals surface area contributed by atoms with Crippen LogP contribution in [0.1, 0.15) is 32.3 Å². The van der Waals surface area contributed by atoms with Crippen molar-refractivity contribution in [2.24, 2.45) is 5.92 Å². The van der Waals surface area contributed by atoms with Crippen LogP contribution in [0.25, 0.3) is 0 Å². The molecule has 1 aromatic heterocycles. The Bertz CT molecular complexity index is 379. The average Bonchev–Trinajstić information content (AvgIpc) is 2.43. The summed E-state index contributed by atoms with van der Waals surface area (Å²) >= 11 is 0. The molecule has 0 bridgehead atoms. The molecular weight excluding hydrogens is 250 g/mol. The summed E-state index contributed by atoms with van der Waals surface area (Å²) in [5.74, 6) is 0.791. The van der Waals surface area contributed by atoms with E-state index in [1.54, 1.807) is 0 Å². The van der Waals surface area contributed by atoms with E-state index in [0.717, 1.165) is 32.5 Å². The lowest BCUT2D eigenvalue weighted by Gasteiger charge is -2.16. The maximum absolute atomic E-state index is 11.7. The van der Waals surface area contributed by atoms with E-state index < -0.39 is 0 Å². The second-order valence-electron chi connectivity index (χ2n) is 5.69. The molecule has 112 valence electrons. The minimum atomic E-state index is 0.154. The van der Waals surface area contributed by atoms with Crippen molar-refractivity contribution in [3.8, 4) is 0 Å². The quantitative estimate of drug-likeness (QED) is 0.752. The third kappa shape index (κ3) is 7.89. The van der Waals surface area contributed by atoms with E-state index in [9.17, 15) is 4.79 Å². The number of hydrogen-bond acceptors (Lipinski definition) is 3. The van der Waals surface area contributed by atoms with Gasteiger partial charge >= 0.3 is 0 Å². The molecule has 0 radical (unpaired) electrons. The Kier molecular flexibility index (Phi) is 7.88. The molecule has 1 aromatic rings. The molecule has 0 spiro atoms. The molecule has 0 saturated heterocycles. The summed E-state index contributed by atoms with van der Waals surface area (Å²) in [6.07, 6.45) is 6.25. The van der Waals surface area contributed by atoms with Crippen LogP contribution in [0.2, 0.25) is 0 Å². The van der Waals surface area contributed by atoms with Gasteiger partial charge in [0.15, 0.2) is 0 Å². The van der Waals surface area contributed by atoms with Gasteiger partial charge in [0, 0.05) is 38.4 Å². The van der Waals surface area contributed by atoms with Crippen LogP contribution in [0.5, 0.6) is 0 Å². The van der Waals surface area contributed by atoms with Crippen molar-refractivity contribution < 1.29 is 4.79 Å². The van der Waals surface area contributed by atoms with E-state index >= 15 is 0 Å². The number of pyridine rings is 1. The van der Waals surface area contributed by atoms with Crippen molar-refractivity contribution in [3.63, 3.8) is 0 Å². The van der Waals surface area contributed by atoms with Crippen LogP contribution in [-0.2, 0) is 11.2 Å². The number of carbonyl (C=O) groups excluding carboxylic acids is 1. The summed E-state index contributed by atoms with van der Waals surface area (Å²) in [7, 11) is 2.06. The highest BCUT2D eigenvalue weighted by Gasteiger charge is 2.05. The molecule has 1 rings (SSSR count). The maximum atomic E-state index is 11.7. The van der Waals surface area contributed by atoms with Gasteiger partial charge in [-0.2, -0.15) is 0 Å². The standard InChI is InChI=1S/C16H27N3O/c1-14(2)4-11-18-16(20)8-13-19(3)12-7-15-5-9-17-10-6-15/h5-6,9-10,14H,4,7-8,11-13H2,1-3H3,(H,18,20). The van der Waals surface area contributed by atoms with Crippen LogP contribution in [0, 0.1) is 5.92 Å². The van der Waals surface area contributed by atoms with Gasteiger partial charge < -0.3 is 10.2 Å². The summed E-state index contributed by atoms with van der Waals surface area (Å²) in [5, 5.41) is 2.97. The molecule has 0 aliphatic carbocycles. The lowest BCUT2D eigenvalue weighted by molar-refractivity contribution is -0.121. The second-order valence-corrected chi connectivity index (χ2v) is 5.69. The fourth-order valence-electron chi connectivity index (χ4n) is 1.86. The minimum Gasteiger partial charge on any atom is -0.356 e. The van der Waals surface area contributed by atoms with Gasteiger partial charge in [-0.1, -0.05) is 13.8 Å². The van der Waals surface area contributed by atoms with Crippen molar-refractivity contribution in [2.45, 2.75) is 33.1 Å². The normalized spacial score (nSPS) is 11.1. The highest BCUT2D eigenvalue weighted by molar-refractivity contribution is 5.75. The molecule has 1 amide bonds. The van der Waals surface area contributed by atoms with Crippen LogP contribution in [-0.4, -0.2) is 42.5 Å². The van der Waals surface area contributed by atoms with E-state index in [1.165, 1.54) is 5.56 Å². The first kappa shape index (κ1) is 16.6. The number of hydrogen-bond donors (Lipinski definition) is 1. The Hall–Kier alpha value is -1.42. The Labute approximate surface area is 122 Å². The molecule has 20 heavy (non-hydrogen) atoms. The molecule has 0 atom stereocenters. The Morgan fingerprint density at radius 3 is 2.65 bits per heavy atom. The number of carbonyl (C=O) groups is 1. The second kappa shape index (κ2) is 9.48. The zero-order valence-electron chi connectivity index (χ0n) is 12.9. The molecule has 0 aliphatic rings. The number of nitrogens with one attached hydrogen (secondary N) is 1. The molecule has 0 fully saturated rings. The van der Waals surface area contributed by atoms with Gasteiger partial charge in [-0.05, 0) is 43.5 Å². The monoisotopic (exact) mass is 277 g/mol. The fraction of sp³-hybridized carbons (Fsp3) is 0.625. The molecule has 1 N–H and O–H groups in total. The topological polar surface area (TPSA) is 45.2 Å². The summed E-state index contributed by atoms with van der Waals surface area (Å²) in [6.45, 7) is 6.89. The minimum absolute atomic E-state index is 0.154. The molecule has 4 heteroatoms. The van der Waals surface area contributed by atoms with E-state index in [0.29, 0.717) is 12.3 Å². The SMILES string of the molecule is CC(C)CCNC(=O)CCN(C)CCc1ccncc1. The molecule has 1 heterocycles. The van der Waals surface area contributed by atoms with Gasteiger partial charge in [0.05, 0.1) is 0 Å². The van der Waals surface area contributed by atoms with Crippen LogP contribution in [0.3, 0.4) is 0 Å². The predicted molar refractivity (Wildman–Crippen MR) is 82.5 cm³/mol. The lowest BCUT2D eigenvalue weighted by Crippen LogP contribution is -2.30. The van der Waals surface area contributed by atoms with Crippen molar-refractivity contribution >= 4 is 5.91 Å². The first-order valence-corrected chi connectivity index (χ1v) is 7.42. The van der Waals surface area contributed by atoms with Gasteiger partial charge in [0.1, 0.15) is 0 Å². The first-order chi connectivity index (χ1) is 9.58. The van der Waals surface area contributed by atoms with Crippen LogP contribution < -0.4 is 5.32 Å². The fourth-order valence-corrected chi connectivity index (χ4v) is 1.86. The molecule has 0 unspecified atom stereocenters. The summed E-state index contributed by atoms with van der Waals surface area (Å²) in [6, 6.07) is 4.07. The van der Waals surface area contributed by atoms with E-state index in [4.69, 9.17) is 0 Å². The van der Waals surface area contributed by atoms with E-state index in [2.05, 4.69) is 36.1 Å². The molecule has 0 aromatic carbocycles. The van der Waals surface area contributed by atoms with Crippen molar-refractivity contribution in [2.75, 3.05) is 26.7 Å². The smallest absolute Gasteiger partial charge is 0.221 e. The third-order valence-corrected chi connectivity index (χ3v) is 3.30. The number of rotatable bonds is 9. The molecular formula is C16H27N3O. The van der Waals surface area contributed by atoms with Gasteiger partial charge in [-0.25, -0.2) is 0 Å². The number of likely N-dealkylation sites (N-methyl/N-ethyl adjacent to an activating group) is 1. The summed E-state index contributed by atoms with van der Waals surface area (Å²) in [4.78, 5) is 17.9. The molecule has 0 saturated carbocycles. The van der Waals surface area contributed by atoms with Crippen LogP contribution in [0.4, 0.5) is 0 Å². The van der Waals surface area contributed by atoms with Gasteiger partial charge in [0.2, 0.25) is 5.91 Å². The average molecular weight is 277 g/mol. The van der Waals surface area contributed by atoms with Gasteiger partial charge in [-0.15, -0.1) is 0 Å². The predicted octanol–water partition coefficient (Wildman–Crippen LogP) is 2.11. The number of amides is 1. The van der Waals surface area contributed by atoms with Crippen LogP contribution in [0.15, 0.2) is 24.5 Å². The van der Waals surface area contributed by atoms with E-state index in [-0.39, 0.29) is 5.91 Å². The van der Waals surface area contributed by atoms with Gasteiger partial charge in [0.25, 0.3) is 0 Å². The van der Waals surface area contributed by atoms with Crippen molar-refractivity contribution in [1.82, 2.24) is 15.2 Å².